The Kier molecular flexibility index (Phi) is 2.17. The maximum absolute atomic E-state index is 4.25. The monoisotopic (exact) mass is 168 g/mol. The lowest BCUT2D eigenvalue weighted by atomic mass is 10.2. The second-order valence-corrected chi connectivity index (χ2v) is 4.05. The van der Waals surface area contributed by atoms with Crippen LogP contribution >= 0.6 is 11.8 Å². The Hall–Kier alpha value is -0.440. The van der Waals surface area contributed by atoms with E-state index in [4.69, 9.17) is 0 Å². The van der Waals surface area contributed by atoms with Gasteiger partial charge in [-0.15, -0.1) is 0 Å². The molecule has 0 spiro atoms. The third-order valence-corrected chi connectivity index (χ3v) is 3.14. The van der Waals surface area contributed by atoms with Crippen LogP contribution in [0.15, 0.2) is 18.5 Å². The Morgan fingerprint density at radius 1 is 1.36 bits per heavy atom. The van der Waals surface area contributed by atoms with Gasteiger partial charge in [-0.25, -0.2) is 0 Å². The fourth-order valence-corrected chi connectivity index (χ4v) is 2.53. The van der Waals surface area contributed by atoms with Gasteiger partial charge in [0.2, 0.25) is 0 Å². The second kappa shape index (κ2) is 3.30. The summed E-state index contributed by atoms with van der Waals surface area (Å²) >= 11 is 2.05. The van der Waals surface area contributed by atoms with Gasteiger partial charge in [-0.3, -0.25) is 4.68 Å². The molecule has 0 radical (unpaired) electrons. The smallest absolute Gasteiger partial charge is 0.0534 e. The number of rotatable bonds is 1. The molecule has 0 bridgehead atoms. The number of hydrogen-bond donors (Lipinski definition) is 0. The van der Waals surface area contributed by atoms with Crippen molar-refractivity contribution in [3.05, 3.63) is 18.5 Å². The van der Waals surface area contributed by atoms with Gasteiger partial charge in [-0.2, -0.15) is 16.9 Å². The first-order valence-electron chi connectivity index (χ1n) is 4.04. The quantitative estimate of drug-likeness (QED) is 0.638. The molecule has 1 aromatic heterocycles. The lowest BCUT2D eigenvalue weighted by Crippen LogP contribution is -2.15. The Morgan fingerprint density at radius 3 is 2.82 bits per heavy atom. The molecule has 0 aliphatic carbocycles. The lowest BCUT2D eigenvalue weighted by Gasteiger charge is -2.21. The summed E-state index contributed by atoms with van der Waals surface area (Å²) in [6.07, 6.45) is 6.50. The van der Waals surface area contributed by atoms with Gasteiger partial charge in [-0.05, 0) is 30.4 Å². The number of nitrogens with zero attached hydrogens (tertiary/aromatic N) is 2. The van der Waals surface area contributed by atoms with Crippen molar-refractivity contribution >= 4 is 11.8 Å². The zero-order valence-electron chi connectivity index (χ0n) is 6.44. The molecule has 0 N–H and O–H groups in total. The average Bonchev–Trinajstić information content (AvgIpc) is 2.58. The van der Waals surface area contributed by atoms with E-state index in [9.17, 15) is 0 Å². The molecule has 2 nitrogen and oxygen atoms in total. The van der Waals surface area contributed by atoms with Crippen LogP contribution in [-0.2, 0) is 0 Å². The van der Waals surface area contributed by atoms with Gasteiger partial charge in [0.25, 0.3) is 0 Å². The molecule has 0 atom stereocenters. The van der Waals surface area contributed by atoms with Crippen LogP contribution in [0, 0.1) is 0 Å². The molecule has 11 heavy (non-hydrogen) atoms. The molecular weight excluding hydrogens is 156 g/mol. The van der Waals surface area contributed by atoms with Crippen LogP contribution in [0.25, 0.3) is 0 Å². The fourth-order valence-electron chi connectivity index (χ4n) is 1.45. The molecule has 1 aliphatic rings. The molecule has 0 saturated carbocycles. The van der Waals surface area contributed by atoms with E-state index >= 15 is 0 Å². The summed E-state index contributed by atoms with van der Waals surface area (Å²) in [5, 5.41) is 4.25. The van der Waals surface area contributed by atoms with Crippen molar-refractivity contribution in [2.24, 2.45) is 0 Å². The minimum Gasteiger partial charge on any atom is -0.270 e. The van der Waals surface area contributed by atoms with Gasteiger partial charge in [0.15, 0.2) is 0 Å². The van der Waals surface area contributed by atoms with Crippen LogP contribution < -0.4 is 0 Å². The van der Waals surface area contributed by atoms with Crippen LogP contribution in [0.2, 0.25) is 0 Å². The summed E-state index contributed by atoms with van der Waals surface area (Å²) < 4.78 is 2.10. The fraction of sp³-hybridized carbons (Fsp3) is 0.625. The first-order valence-corrected chi connectivity index (χ1v) is 5.19. The highest BCUT2D eigenvalue weighted by Crippen LogP contribution is 2.25. The van der Waals surface area contributed by atoms with Crippen molar-refractivity contribution < 1.29 is 0 Å². The van der Waals surface area contributed by atoms with Crippen molar-refractivity contribution in [3.63, 3.8) is 0 Å². The van der Waals surface area contributed by atoms with E-state index in [0.717, 1.165) is 0 Å². The Balaban J connectivity index is 2.04. The summed E-state index contributed by atoms with van der Waals surface area (Å²) in [5.41, 5.74) is 0. The maximum Gasteiger partial charge on any atom is 0.0534 e. The summed E-state index contributed by atoms with van der Waals surface area (Å²) in [6.45, 7) is 0. The van der Waals surface area contributed by atoms with Gasteiger partial charge in [0, 0.05) is 12.4 Å². The highest BCUT2D eigenvalue weighted by molar-refractivity contribution is 7.99. The van der Waals surface area contributed by atoms with E-state index in [1.165, 1.54) is 24.3 Å². The maximum atomic E-state index is 4.25. The summed E-state index contributed by atoms with van der Waals surface area (Å²) in [4.78, 5) is 0. The van der Waals surface area contributed by atoms with Crippen LogP contribution in [0.3, 0.4) is 0 Å². The van der Waals surface area contributed by atoms with Crippen molar-refractivity contribution in [3.8, 4) is 0 Å². The van der Waals surface area contributed by atoms with E-state index in [0.29, 0.717) is 6.04 Å². The number of aromatic nitrogens is 2. The van der Waals surface area contributed by atoms with Crippen LogP contribution in [-0.4, -0.2) is 21.3 Å². The second-order valence-electron chi connectivity index (χ2n) is 2.83. The predicted octanol–water partition coefficient (Wildman–Crippen LogP) is 1.95. The van der Waals surface area contributed by atoms with Crippen molar-refractivity contribution in [2.75, 3.05) is 11.5 Å². The molecule has 0 amide bonds. The Bertz CT molecular complexity index is 202. The molecule has 2 rings (SSSR count). The molecule has 1 aliphatic heterocycles. The standard InChI is InChI=1S/C8H12N2S/c1-4-9-10(5-1)8-2-6-11-7-3-8/h1,4-5,8H,2-3,6-7H2. The van der Waals surface area contributed by atoms with Crippen LogP contribution in [0.5, 0.6) is 0 Å². The van der Waals surface area contributed by atoms with Gasteiger partial charge in [-0.1, -0.05) is 0 Å². The van der Waals surface area contributed by atoms with Crippen LogP contribution in [0.1, 0.15) is 18.9 Å². The third kappa shape index (κ3) is 1.59. The van der Waals surface area contributed by atoms with Gasteiger partial charge in [0.05, 0.1) is 6.04 Å². The van der Waals surface area contributed by atoms with E-state index in [2.05, 4.69) is 27.7 Å². The molecule has 1 aromatic rings. The molecule has 1 fully saturated rings. The van der Waals surface area contributed by atoms with Gasteiger partial charge < -0.3 is 0 Å². The predicted molar refractivity (Wildman–Crippen MR) is 47.8 cm³/mol. The topological polar surface area (TPSA) is 17.8 Å². The Morgan fingerprint density at radius 2 is 2.18 bits per heavy atom. The van der Waals surface area contributed by atoms with E-state index in [-0.39, 0.29) is 0 Å². The molecular formula is C8H12N2S. The first-order chi connectivity index (χ1) is 5.47. The van der Waals surface area contributed by atoms with E-state index < -0.39 is 0 Å². The molecule has 0 unspecified atom stereocenters. The minimum atomic E-state index is 0.672. The molecule has 2 heterocycles. The third-order valence-electron chi connectivity index (χ3n) is 2.09. The van der Waals surface area contributed by atoms with Gasteiger partial charge in [0.1, 0.15) is 0 Å². The number of thioether (sulfide) groups is 1. The Labute approximate surface area is 71.0 Å². The molecule has 3 heteroatoms. The van der Waals surface area contributed by atoms with Crippen molar-refractivity contribution in [2.45, 2.75) is 18.9 Å². The zero-order chi connectivity index (χ0) is 7.52. The van der Waals surface area contributed by atoms with Crippen molar-refractivity contribution in [1.82, 2.24) is 9.78 Å². The van der Waals surface area contributed by atoms with E-state index in [1.54, 1.807) is 0 Å². The summed E-state index contributed by atoms with van der Waals surface area (Å²) in [5.74, 6) is 2.59. The highest BCUT2D eigenvalue weighted by Gasteiger charge is 2.14. The van der Waals surface area contributed by atoms with Gasteiger partial charge >= 0.3 is 0 Å². The van der Waals surface area contributed by atoms with Crippen molar-refractivity contribution in [1.29, 1.82) is 0 Å². The summed E-state index contributed by atoms with van der Waals surface area (Å²) in [6, 6.07) is 2.67. The number of hydrogen-bond acceptors (Lipinski definition) is 2. The normalized spacial score (nSPS) is 20.4. The first kappa shape index (κ1) is 7.22. The van der Waals surface area contributed by atoms with E-state index in [1.807, 2.05) is 12.3 Å². The summed E-state index contributed by atoms with van der Waals surface area (Å²) in [7, 11) is 0. The molecule has 1 saturated heterocycles. The highest BCUT2D eigenvalue weighted by atomic mass is 32.2. The SMILES string of the molecule is c1cnn(C2CCSCC2)c1. The largest absolute Gasteiger partial charge is 0.270 e. The lowest BCUT2D eigenvalue weighted by molar-refractivity contribution is 0.427. The minimum absolute atomic E-state index is 0.672. The zero-order valence-corrected chi connectivity index (χ0v) is 7.26. The van der Waals surface area contributed by atoms with Crippen LogP contribution in [0.4, 0.5) is 0 Å². The molecule has 0 aromatic carbocycles. The average molecular weight is 168 g/mol. The molecule has 60 valence electrons.